The Labute approximate surface area is 369 Å². The highest BCUT2D eigenvalue weighted by Crippen LogP contribution is 2.47. The topological polar surface area (TPSA) is 38.0 Å². The molecule has 2 aromatic heterocycles. The molecule has 0 amide bonds. The van der Waals surface area contributed by atoms with Crippen LogP contribution in [-0.4, -0.2) is 9.13 Å². The second-order valence-electron chi connectivity index (χ2n) is 16.3. The van der Waals surface area contributed by atoms with Gasteiger partial charge in [0, 0.05) is 27.1 Å². The van der Waals surface area contributed by atoms with Crippen LogP contribution in [0.25, 0.3) is 93.2 Å². The lowest BCUT2D eigenvalue weighted by Gasteiger charge is -2.22. The van der Waals surface area contributed by atoms with E-state index in [9.17, 15) is 18.4 Å². The van der Waals surface area contributed by atoms with Crippen molar-refractivity contribution in [3.8, 4) is 50.8 Å². The van der Waals surface area contributed by atoms with Gasteiger partial charge >= 0.3 is 12.4 Å². The van der Waals surface area contributed by atoms with Crippen LogP contribution in [-0.2, 0) is 12.4 Å². The van der Waals surface area contributed by atoms with Crippen molar-refractivity contribution < 1.29 is 26.3 Å². The highest BCUT2D eigenvalue weighted by atomic mass is 19.4. The minimum Gasteiger partial charge on any atom is -0.307 e. The van der Waals surface area contributed by atoms with Crippen LogP contribution in [0.15, 0.2) is 152 Å². The van der Waals surface area contributed by atoms with Gasteiger partial charge < -0.3 is 9.13 Å². The molecule has 4 nitrogen and oxygen atoms in total. The maximum atomic E-state index is 15.0. The molecule has 0 aliphatic heterocycles. The molecule has 65 heavy (non-hydrogen) atoms. The number of alkyl halides is 6. The molecule has 0 unspecified atom stereocenters. The standard InChI is InChI=1S/C55H34F6N4/c1-31-16-20-38(32(2)24-31)34-17-21-43-41-11-6-8-15-48(41)65(50(43)26-34)52-29-44(53-45(55(59,60)61)12-9-13-46(53)63-4)36(30-62)28-51(52)64-47-14-7-5-10-40(47)42-22-18-35(27-49(42)64)39-23-19-37(25-33(39)3)54(56,57)58/h5-29H,1-3H3. The van der Waals surface area contributed by atoms with Crippen LogP contribution < -0.4 is 0 Å². The van der Waals surface area contributed by atoms with Crippen molar-refractivity contribution in [3.05, 3.63) is 196 Å². The quantitative estimate of drug-likeness (QED) is 0.125. The molecule has 0 N–H and O–H groups in total. The molecule has 10 rings (SSSR count). The van der Waals surface area contributed by atoms with Gasteiger partial charge in [-0.05, 0) is 108 Å². The maximum Gasteiger partial charge on any atom is 0.416 e. The number of nitriles is 1. The Balaban J connectivity index is 1.37. The van der Waals surface area contributed by atoms with Crippen LogP contribution in [0.1, 0.15) is 33.4 Å². The lowest BCUT2D eigenvalue weighted by molar-refractivity contribution is -0.138. The van der Waals surface area contributed by atoms with Crippen LogP contribution in [0.5, 0.6) is 0 Å². The van der Waals surface area contributed by atoms with E-state index in [4.69, 9.17) is 6.57 Å². The Kier molecular flexibility index (Phi) is 9.47. The third-order valence-electron chi connectivity index (χ3n) is 12.4. The van der Waals surface area contributed by atoms with Crippen LogP contribution in [0.4, 0.5) is 32.0 Å². The molecular weight excluding hydrogens is 831 g/mol. The lowest BCUT2D eigenvalue weighted by atomic mass is 9.92. The monoisotopic (exact) mass is 864 g/mol. The number of para-hydroxylation sites is 2. The first-order chi connectivity index (χ1) is 31.2. The molecule has 10 heteroatoms. The normalized spacial score (nSPS) is 12.0. The number of rotatable bonds is 5. The Hall–Kier alpha value is -8.08. The zero-order valence-electron chi connectivity index (χ0n) is 35.0. The zero-order valence-corrected chi connectivity index (χ0v) is 35.0. The third-order valence-corrected chi connectivity index (χ3v) is 12.4. The average Bonchev–Trinajstić information content (AvgIpc) is 3.79. The number of fused-ring (bicyclic) bond motifs is 6. The summed E-state index contributed by atoms with van der Waals surface area (Å²) < 4.78 is 90.4. The highest BCUT2D eigenvalue weighted by molar-refractivity contribution is 6.13. The summed E-state index contributed by atoms with van der Waals surface area (Å²) in [6.45, 7) is 13.7. The van der Waals surface area contributed by atoms with Gasteiger partial charge in [-0.1, -0.05) is 109 Å². The molecule has 0 radical (unpaired) electrons. The van der Waals surface area contributed by atoms with E-state index in [0.717, 1.165) is 78.5 Å². The van der Waals surface area contributed by atoms with Crippen molar-refractivity contribution in [1.29, 1.82) is 5.26 Å². The molecule has 10 aromatic rings. The first-order valence-corrected chi connectivity index (χ1v) is 20.7. The molecule has 0 saturated carbocycles. The van der Waals surface area contributed by atoms with Crippen molar-refractivity contribution in [2.75, 3.05) is 0 Å². The number of aryl methyl sites for hydroxylation is 3. The first-order valence-electron chi connectivity index (χ1n) is 20.7. The molecule has 2 heterocycles. The fourth-order valence-corrected chi connectivity index (χ4v) is 9.48. The molecule has 8 aromatic carbocycles. The Morgan fingerprint density at radius 2 is 1.05 bits per heavy atom. The summed E-state index contributed by atoms with van der Waals surface area (Å²) in [6.07, 6.45) is -9.39. The van der Waals surface area contributed by atoms with Crippen LogP contribution in [0.3, 0.4) is 0 Å². The fraction of sp³-hybridized carbons (Fsp3) is 0.0909. The Morgan fingerprint density at radius 1 is 0.508 bits per heavy atom. The van der Waals surface area contributed by atoms with Crippen molar-refractivity contribution in [2.24, 2.45) is 0 Å². The number of hydrogen-bond acceptors (Lipinski definition) is 1. The van der Waals surface area contributed by atoms with E-state index in [2.05, 4.69) is 35.2 Å². The maximum absolute atomic E-state index is 15.0. The van der Waals surface area contributed by atoms with Gasteiger partial charge in [-0.3, -0.25) is 0 Å². The van der Waals surface area contributed by atoms with E-state index in [1.807, 2.05) is 102 Å². The van der Waals surface area contributed by atoms with Crippen molar-refractivity contribution in [2.45, 2.75) is 33.1 Å². The summed E-state index contributed by atoms with van der Waals surface area (Å²) in [4.78, 5) is 3.53. The van der Waals surface area contributed by atoms with Crippen LogP contribution in [0, 0.1) is 38.7 Å². The van der Waals surface area contributed by atoms with Crippen LogP contribution in [0.2, 0.25) is 0 Å². The van der Waals surface area contributed by atoms with E-state index < -0.39 is 29.0 Å². The SMILES string of the molecule is [C-]#[N+]c1cccc(C(F)(F)F)c1-c1cc(-n2c3ccccc3c3ccc(-c4ccc(C)cc4C)cc32)c(-n2c3ccccc3c3ccc(-c4ccc(C(F)(F)F)cc4C)cc32)cc1C#N. The number of halogens is 6. The van der Waals surface area contributed by atoms with E-state index >= 15 is 13.2 Å². The van der Waals surface area contributed by atoms with Gasteiger partial charge in [0.05, 0.1) is 62.8 Å². The van der Waals surface area contributed by atoms with Crippen molar-refractivity contribution in [1.82, 2.24) is 9.13 Å². The van der Waals surface area contributed by atoms with Gasteiger partial charge in [0.25, 0.3) is 0 Å². The van der Waals surface area contributed by atoms with E-state index in [0.29, 0.717) is 33.6 Å². The number of hydrogen-bond donors (Lipinski definition) is 0. The molecule has 0 saturated heterocycles. The van der Waals surface area contributed by atoms with Crippen LogP contribution >= 0.6 is 0 Å². The first kappa shape index (κ1) is 41.0. The molecule has 0 atom stereocenters. The molecular formula is C55H34F6N4. The minimum atomic E-state index is -4.87. The largest absolute Gasteiger partial charge is 0.416 e. The van der Waals surface area contributed by atoms with E-state index in [1.165, 1.54) is 18.2 Å². The van der Waals surface area contributed by atoms with Gasteiger partial charge in [-0.15, -0.1) is 0 Å². The molecule has 0 aliphatic rings. The van der Waals surface area contributed by atoms with Crippen molar-refractivity contribution >= 4 is 49.3 Å². The molecule has 0 fully saturated rings. The fourth-order valence-electron chi connectivity index (χ4n) is 9.48. The van der Waals surface area contributed by atoms with Gasteiger partial charge in [0.1, 0.15) is 0 Å². The summed E-state index contributed by atoms with van der Waals surface area (Å²) in [5, 5.41) is 14.4. The number of aromatic nitrogens is 2. The number of benzene rings is 8. The second-order valence-corrected chi connectivity index (χ2v) is 16.3. The van der Waals surface area contributed by atoms with Gasteiger partial charge in [-0.25, -0.2) is 4.85 Å². The Morgan fingerprint density at radius 3 is 1.57 bits per heavy atom. The highest BCUT2D eigenvalue weighted by Gasteiger charge is 2.36. The third kappa shape index (κ3) is 6.69. The zero-order chi connectivity index (χ0) is 45.5. The number of nitrogens with zero attached hydrogens (tertiary/aromatic N) is 4. The average molecular weight is 865 g/mol. The lowest BCUT2D eigenvalue weighted by Crippen LogP contribution is -2.09. The summed E-state index contributed by atoms with van der Waals surface area (Å²) >= 11 is 0. The van der Waals surface area contributed by atoms with E-state index in [1.54, 1.807) is 19.1 Å². The predicted molar refractivity (Wildman–Crippen MR) is 247 cm³/mol. The smallest absolute Gasteiger partial charge is 0.307 e. The molecule has 316 valence electrons. The molecule has 0 aliphatic carbocycles. The van der Waals surface area contributed by atoms with Gasteiger partial charge in [0.15, 0.2) is 5.69 Å². The second kappa shape index (κ2) is 15.0. The summed E-state index contributed by atoms with van der Waals surface area (Å²) in [5.41, 5.74) is 6.84. The molecule has 0 spiro atoms. The van der Waals surface area contributed by atoms with E-state index in [-0.39, 0.29) is 16.8 Å². The minimum absolute atomic E-state index is 0.0662. The van der Waals surface area contributed by atoms with Gasteiger partial charge in [0.2, 0.25) is 0 Å². The molecule has 0 bridgehead atoms. The summed E-state index contributed by atoms with van der Waals surface area (Å²) in [5.74, 6) is 0. The summed E-state index contributed by atoms with van der Waals surface area (Å²) in [6, 6.07) is 45.9. The Bertz CT molecular complexity index is 3700. The van der Waals surface area contributed by atoms with Crippen molar-refractivity contribution in [3.63, 3.8) is 0 Å². The summed E-state index contributed by atoms with van der Waals surface area (Å²) in [7, 11) is 0. The van der Waals surface area contributed by atoms with Gasteiger partial charge in [-0.2, -0.15) is 31.6 Å². The predicted octanol–water partition coefficient (Wildman–Crippen LogP) is 16.3.